The summed E-state index contributed by atoms with van der Waals surface area (Å²) in [5, 5.41) is 19.3. The van der Waals surface area contributed by atoms with E-state index >= 15 is 0 Å². The Balaban J connectivity index is 1.43. The maximum absolute atomic E-state index is 12.4. The van der Waals surface area contributed by atoms with Crippen molar-refractivity contribution in [1.29, 1.82) is 0 Å². The number of pyridine rings is 1. The normalized spacial score (nSPS) is 19.3. The molecule has 1 aromatic carbocycles. The average Bonchev–Trinajstić information content (AvgIpc) is 3.28. The fourth-order valence-electron chi connectivity index (χ4n) is 3.61. The topological polar surface area (TPSA) is 98.5 Å². The van der Waals surface area contributed by atoms with Gasteiger partial charge in [-0.3, -0.25) is 4.40 Å². The molecule has 1 aliphatic carbocycles. The van der Waals surface area contributed by atoms with Crippen molar-refractivity contribution >= 4 is 5.65 Å². The molecule has 27 heavy (non-hydrogen) atoms. The van der Waals surface area contributed by atoms with Gasteiger partial charge in [-0.2, -0.15) is 4.98 Å². The van der Waals surface area contributed by atoms with Crippen LogP contribution in [0.2, 0.25) is 0 Å². The fourth-order valence-corrected chi connectivity index (χ4v) is 3.61. The van der Waals surface area contributed by atoms with Gasteiger partial charge in [0.25, 0.3) is 5.89 Å². The molecule has 8 nitrogen and oxygen atoms in total. The van der Waals surface area contributed by atoms with Crippen LogP contribution in [-0.2, 0) is 25.0 Å². The lowest BCUT2D eigenvalue weighted by atomic mass is 9.80. The first-order valence-corrected chi connectivity index (χ1v) is 8.79. The van der Waals surface area contributed by atoms with Gasteiger partial charge >= 0.3 is 5.69 Å². The van der Waals surface area contributed by atoms with E-state index in [-0.39, 0.29) is 18.1 Å². The third-order valence-electron chi connectivity index (χ3n) is 5.05. The Hall–Kier alpha value is -3.26. The van der Waals surface area contributed by atoms with Crippen LogP contribution in [0.3, 0.4) is 0 Å². The summed E-state index contributed by atoms with van der Waals surface area (Å²) in [6.07, 6.45) is 3.35. The Labute approximate surface area is 153 Å². The molecule has 5 rings (SSSR count). The number of benzene rings is 1. The second-order valence-electron chi connectivity index (χ2n) is 6.86. The molecule has 1 N–H and O–H groups in total. The summed E-state index contributed by atoms with van der Waals surface area (Å²) < 4.78 is 8.08. The van der Waals surface area contributed by atoms with Gasteiger partial charge in [-0.15, -0.1) is 5.10 Å². The van der Waals surface area contributed by atoms with Gasteiger partial charge in [0, 0.05) is 12.6 Å². The number of rotatable bonds is 3. The molecule has 0 bridgehead atoms. The quantitative estimate of drug-likeness (QED) is 0.589. The van der Waals surface area contributed by atoms with Crippen LogP contribution >= 0.6 is 0 Å². The summed E-state index contributed by atoms with van der Waals surface area (Å²) in [4.78, 5) is 16.7. The molecule has 136 valence electrons. The summed E-state index contributed by atoms with van der Waals surface area (Å²) in [5.41, 5.74) is 1.40. The highest BCUT2D eigenvalue weighted by Gasteiger charge is 2.39. The van der Waals surface area contributed by atoms with Crippen molar-refractivity contribution in [2.45, 2.75) is 31.4 Å². The van der Waals surface area contributed by atoms with Gasteiger partial charge in [-0.25, -0.2) is 9.48 Å². The van der Waals surface area contributed by atoms with Gasteiger partial charge in [0.15, 0.2) is 11.5 Å². The number of hydrogen-bond donors (Lipinski definition) is 1. The van der Waals surface area contributed by atoms with E-state index in [0.717, 1.165) is 12.0 Å². The smallest absolute Gasteiger partial charge is 0.350 e. The van der Waals surface area contributed by atoms with E-state index in [1.807, 2.05) is 24.3 Å². The van der Waals surface area contributed by atoms with Gasteiger partial charge in [0.1, 0.15) is 12.1 Å². The van der Waals surface area contributed by atoms with E-state index in [1.165, 1.54) is 14.6 Å². The van der Waals surface area contributed by atoms with Crippen LogP contribution in [0.15, 0.2) is 58.0 Å². The fraction of sp³-hybridized carbons (Fsp3) is 0.263. The summed E-state index contributed by atoms with van der Waals surface area (Å²) in [5.74, 6) is 0.492. The van der Waals surface area contributed by atoms with Gasteiger partial charge in [0.05, 0.1) is 0 Å². The minimum atomic E-state index is -1.19. The van der Waals surface area contributed by atoms with Crippen molar-refractivity contribution in [2.75, 3.05) is 0 Å². The highest BCUT2D eigenvalue weighted by molar-refractivity contribution is 5.35. The van der Waals surface area contributed by atoms with Crippen LogP contribution in [0, 0.1) is 0 Å². The molecule has 0 aliphatic heterocycles. The Morgan fingerprint density at radius 2 is 1.96 bits per heavy atom. The number of hydrogen-bond acceptors (Lipinski definition) is 6. The number of fused-ring (bicyclic) bond motifs is 2. The third-order valence-corrected chi connectivity index (χ3v) is 5.05. The Kier molecular flexibility index (Phi) is 3.48. The van der Waals surface area contributed by atoms with Gasteiger partial charge in [-0.1, -0.05) is 35.5 Å². The molecule has 3 heterocycles. The second-order valence-corrected chi connectivity index (χ2v) is 6.86. The average molecular weight is 363 g/mol. The van der Waals surface area contributed by atoms with Crippen LogP contribution in [0.5, 0.6) is 0 Å². The number of nitrogens with zero attached hydrogens (tertiary/aromatic N) is 5. The number of aromatic nitrogens is 5. The summed E-state index contributed by atoms with van der Waals surface area (Å²) in [6, 6.07) is 13.4. The standard InChI is InChI=1S/C19H17N5O3/c25-18-23-10-4-3-7-16(23)21-24(18)12-15-20-17(27-22-15)19(26)9-8-13-5-1-2-6-14(13)11-19/h1-7,10,26H,8-9,11-12H2. The van der Waals surface area contributed by atoms with Crippen molar-refractivity contribution in [2.24, 2.45) is 0 Å². The molecule has 0 saturated carbocycles. The molecule has 4 aromatic rings. The zero-order valence-corrected chi connectivity index (χ0v) is 14.4. The van der Waals surface area contributed by atoms with Crippen LogP contribution in [0.1, 0.15) is 29.3 Å². The van der Waals surface area contributed by atoms with Crippen LogP contribution in [-0.4, -0.2) is 29.4 Å². The lowest BCUT2D eigenvalue weighted by Gasteiger charge is -2.30. The molecule has 8 heteroatoms. The molecule has 0 fully saturated rings. The molecule has 0 amide bonds. The van der Waals surface area contributed by atoms with Crippen LogP contribution in [0.4, 0.5) is 0 Å². The van der Waals surface area contributed by atoms with E-state index in [0.29, 0.717) is 24.3 Å². The van der Waals surface area contributed by atoms with E-state index < -0.39 is 5.60 Å². The zero-order valence-electron chi connectivity index (χ0n) is 14.4. The molecule has 1 atom stereocenters. The molecule has 1 unspecified atom stereocenters. The summed E-state index contributed by atoms with van der Waals surface area (Å²) in [7, 11) is 0. The van der Waals surface area contributed by atoms with Crippen molar-refractivity contribution in [3.8, 4) is 0 Å². The van der Waals surface area contributed by atoms with E-state index in [2.05, 4.69) is 21.3 Å². The lowest BCUT2D eigenvalue weighted by molar-refractivity contribution is -0.00860. The maximum atomic E-state index is 12.4. The highest BCUT2D eigenvalue weighted by atomic mass is 16.5. The maximum Gasteiger partial charge on any atom is 0.350 e. The molecular formula is C19H17N5O3. The van der Waals surface area contributed by atoms with Gasteiger partial charge in [-0.05, 0) is 36.1 Å². The Bertz CT molecular complexity index is 1190. The van der Waals surface area contributed by atoms with Crippen LogP contribution in [0.25, 0.3) is 5.65 Å². The van der Waals surface area contributed by atoms with E-state index in [4.69, 9.17) is 4.52 Å². The first-order chi connectivity index (χ1) is 13.1. The number of aryl methyl sites for hydroxylation is 1. The minimum Gasteiger partial charge on any atom is -0.380 e. The largest absolute Gasteiger partial charge is 0.380 e. The number of aliphatic hydroxyl groups is 1. The summed E-state index contributed by atoms with van der Waals surface area (Å²) in [6.45, 7) is 0.0800. The first kappa shape index (κ1) is 16.0. The van der Waals surface area contributed by atoms with Gasteiger partial charge in [0.2, 0.25) is 0 Å². The third kappa shape index (κ3) is 2.65. The predicted molar refractivity (Wildman–Crippen MR) is 95.2 cm³/mol. The zero-order chi connectivity index (χ0) is 18.4. The van der Waals surface area contributed by atoms with Crippen LogP contribution < -0.4 is 5.69 Å². The van der Waals surface area contributed by atoms with Crippen molar-refractivity contribution in [1.82, 2.24) is 24.3 Å². The predicted octanol–water partition coefficient (Wildman–Crippen LogP) is 1.30. The van der Waals surface area contributed by atoms with E-state index in [1.54, 1.807) is 18.3 Å². The lowest BCUT2D eigenvalue weighted by Crippen LogP contribution is -2.33. The SMILES string of the molecule is O=c1n(Cc2noc(C3(O)CCc4ccccc4C3)n2)nc2ccccn12. The molecule has 0 saturated heterocycles. The highest BCUT2D eigenvalue weighted by Crippen LogP contribution is 2.35. The molecule has 3 aromatic heterocycles. The van der Waals surface area contributed by atoms with Crippen molar-refractivity contribution in [3.63, 3.8) is 0 Å². The second kappa shape index (κ2) is 5.88. The molecule has 0 radical (unpaired) electrons. The van der Waals surface area contributed by atoms with Gasteiger partial charge < -0.3 is 9.63 Å². The van der Waals surface area contributed by atoms with E-state index in [9.17, 15) is 9.90 Å². The Morgan fingerprint density at radius 1 is 1.15 bits per heavy atom. The first-order valence-electron chi connectivity index (χ1n) is 8.79. The van der Waals surface area contributed by atoms with Crippen molar-refractivity contribution in [3.05, 3.63) is 82.0 Å². The molecular weight excluding hydrogens is 346 g/mol. The minimum absolute atomic E-state index is 0.0800. The van der Waals surface area contributed by atoms with Crippen molar-refractivity contribution < 1.29 is 9.63 Å². The monoisotopic (exact) mass is 363 g/mol. The summed E-state index contributed by atoms with van der Waals surface area (Å²) >= 11 is 0. The Morgan fingerprint density at radius 3 is 2.81 bits per heavy atom. The molecule has 0 spiro atoms. The molecule has 1 aliphatic rings.